The molecule has 0 fully saturated rings. The summed E-state index contributed by atoms with van der Waals surface area (Å²) in [5.74, 6) is 1.66. The maximum absolute atomic E-state index is 10.2. The summed E-state index contributed by atoms with van der Waals surface area (Å²) < 4.78 is 1.97. The van der Waals surface area contributed by atoms with Crippen LogP contribution in [0.5, 0.6) is 0 Å². The van der Waals surface area contributed by atoms with E-state index in [9.17, 15) is 5.11 Å². The first kappa shape index (κ1) is 14.8. The van der Waals surface area contributed by atoms with Crippen LogP contribution < -0.4 is 0 Å². The van der Waals surface area contributed by atoms with E-state index >= 15 is 0 Å². The fraction of sp³-hybridized carbons (Fsp3) is 0.278. The zero-order valence-electron chi connectivity index (χ0n) is 14.1. The van der Waals surface area contributed by atoms with Crippen molar-refractivity contribution in [1.29, 1.82) is 0 Å². The predicted octanol–water partition coefficient (Wildman–Crippen LogP) is 3.14. The van der Waals surface area contributed by atoms with Gasteiger partial charge in [0.15, 0.2) is 0 Å². The van der Waals surface area contributed by atoms with Gasteiger partial charge < -0.3 is 10.1 Å². The lowest BCUT2D eigenvalue weighted by Gasteiger charge is -2.17. The molecule has 0 saturated carbocycles. The van der Waals surface area contributed by atoms with Crippen LogP contribution in [-0.2, 0) is 5.60 Å². The number of hydrogen-bond acceptors (Lipinski definition) is 4. The summed E-state index contributed by atoms with van der Waals surface area (Å²) in [4.78, 5) is 8.03. The molecule has 4 rings (SSSR count). The average molecular weight is 321 g/mol. The standard InChI is InChI=1S/C18H19N5O/c1-10-21-22-11(2)23(10)13-8-16-17(19-9-13)14-6-5-12(18(3,4)24)7-15(14)20-16/h5-9,20,24H,1-4H3. The Bertz CT molecular complexity index is 1050. The smallest absolute Gasteiger partial charge is 0.134 e. The molecule has 1 aromatic carbocycles. The largest absolute Gasteiger partial charge is 0.386 e. The molecule has 0 radical (unpaired) electrons. The molecule has 3 heterocycles. The summed E-state index contributed by atoms with van der Waals surface area (Å²) in [6, 6.07) is 7.98. The number of benzene rings is 1. The second kappa shape index (κ2) is 4.88. The lowest BCUT2D eigenvalue weighted by Crippen LogP contribution is -2.14. The zero-order chi connectivity index (χ0) is 17.1. The monoisotopic (exact) mass is 321 g/mol. The minimum absolute atomic E-state index is 0.828. The van der Waals surface area contributed by atoms with Crippen LogP contribution in [0.15, 0.2) is 30.5 Å². The van der Waals surface area contributed by atoms with Crippen molar-refractivity contribution in [2.45, 2.75) is 33.3 Å². The zero-order valence-corrected chi connectivity index (χ0v) is 14.1. The minimum Gasteiger partial charge on any atom is -0.386 e. The van der Waals surface area contributed by atoms with E-state index in [1.165, 1.54) is 0 Å². The molecule has 0 amide bonds. The molecule has 3 aromatic heterocycles. The molecule has 0 atom stereocenters. The molecule has 0 aliphatic heterocycles. The maximum Gasteiger partial charge on any atom is 0.134 e. The first-order valence-corrected chi connectivity index (χ1v) is 7.88. The lowest BCUT2D eigenvalue weighted by atomic mass is 9.97. The number of nitrogens with one attached hydrogen (secondary N) is 1. The van der Waals surface area contributed by atoms with Gasteiger partial charge in [-0.2, -0.15) is 0 Å². The Morgan fingerprint density at radius 2 is 1.75 bits per heavy atom. The van der Waals surface area contributed by atoms with Gasteiger partial charge in [0.1, 0.15) is 11.6 Å². The van der Waals surface area contributed by atoms with Crippen molar-refractivity contribution in [2.75, 3.05) is 0 Å². The van der Waals surface area contributed by atoms with E-state index in [0.29, 0.717) is 0 Å². The van der Waals surface area contributed by atoms with Gasteiger partial charge in [0.2, 0.25) is 0 Å². The summed E-state index contributed by atoms with van der Waals surface area (Å²) in [5, 5.41) is 19.5. The van der Waals surface area contributed by atoms with E-state index in [-0.39, 0.29) is 0 Å². The van der Waals surface area contributed by atoms with Crippen molar-refractivity contribution in [3.63, 3.8) is 0 Å². The number of aliphatic hydroxyl groups is 1. The number of aromatic nitrogens is 5. The molecular formula is C18H19N5O. The van der Waals surface area contributed by atoms with Crippen molar-refractivity contribution < 1.29 is 5.11 Å². The average Bonchev–Trinajstić information content (AvgIpc) is 3.04. The molecule has 6 nitrogen and oxygen atoms in total. The van der Waals surface area contributed by atoms with Crippen LogP contribution in [0.1, 0.15) is 31.1 Å². The molecule has 0 spiro atoms. The normalized spacial score (nSPS) is 12.4. The van der Waals surface area contributed by atoms with Gasteiger partial charge in [-0.1, -0.05) is 12.1 Å². The number of hydrogen-bond donors (Lipinski definition) is 2. The Kier molecular flexibility index (Phi) is 3.02. The van der Waals surface area contributed by atoms with Crippen molar-refractivity contribution in [2.24, 2.45) is 0 Å². The van der Waals surface area contributed by atoms with Gasteiger partial charge in [0.25, 0.3) is 0 Å². The highest BCUT2D eigenvalue weighted by atomic mass is 16.3. The molecule has 24 heavy (non-hydrogen) atoms. The molecule has 2 N–H and O–H groups in total. The Morgan fingerprint density at radius 1 is 1.04 bits per heavy atom. The summed E-state index contributed by atoms with van der Waals surface area (Å²) in [5.41, 5.74) is 3.75. The number of pyridine rings is 1. The predicted molar refractivity (Wildman–Crippen MR) is 93.2 cm³/mol. The van der Waals surface area contributed by atoms with Gasteiger partial charge in [0.05, 0.1) is 28.5 Å². The Hall–Kier alpha value is -2.73. The summed E-state index contributed by atoms with van der Waals surface area (Å²) in [6.07, 6.45) is 1.84. The summed E-state index contributed by atoms with van der Waals surface area (Å²) in [6.45, 7) is 7.41. The molecule has 0 aliphatic rings. The van der Waals surface area contributed by atoms with E-state index in [2.05, 4.69) is 26.2 Å². The highest BCUT2D eigenvalue weighted by Crippen LogP contribution is 2.29. The first-order valence-electron chi connectivity index (χ1n) is 7.88. The molecule has 0 unspecified atom stereocenters. The van der Waals surface area contributed by atoms with Crippen molar-refractivity contribution in [1.82, 2.24) is 24.7 Å². The number of rotatable bonds is 2. The molecule has 0 bridgehead atoms. The van der Waals surface area contributed by atoms with Gasteiger partial charge in [-0.05, 0) is 45.4 Å². The topological polar surface area (TPSA) is 79.6 Å². The third-order valence-electron chi connectivity index (χ3n) is 4.37. The summed E-state index contributed by atoms with van der Waals surface area (Å²) >= 11 is 0. The second-order valence-electron chi connectivity index (χ2n) is 6.66. The third kappa shape index (κ3) is 2.18. The molecule has 0 saturated heterocycles. The van der Waals surface area contributed by atoms with Crippen molar-refractivity contribution >= 4 is 21.9 Å². The van der Waals surface area contributed by atoms with Crippen LogP contribution in [0.25, 0.3) is 27.6 Å². The van der Waals surface area contributed by atoms with Gasteiger partial charge in [-0.25, -0.2) is 0 Å². The Morgan fingerprint density at radius 3 is 2.42 bits per heavy atom. The fourth-order valence-electron chi connectivity index (χ4n) is 3.11. The van der Waals surface area contributed by atoms with Gasteiger partial charge in [-0.15, -0.1) is 10.2 Å². The third-order valence-corrected chi connectivity index (χ3v) is 4.37. The number of aryl methyl sites for hydroxylation is 2. The molecule has 4 aromatic rings. The highest BCUT2D eigenvalue weighted by molar-refractivity contribution is 6.05. The first-order chi connectivity index (χ1) is 11.3. The van der Waals surface area contributed by atoms with Crippen LogP contribution in [0.2, 0.25) is 0 Å². The Balaban J connectivity index is 1.93. The fourth-order valence-corrected chi connectivity index (χ4v) is 3.11. The van der Waals surface area contributed by atoms with E-state index in [1.807, 2.05) is 42.8 Å². The van der Waals surface area contributed by atoms with Crippen LogP contribution in [0, 0.1) is 13.8 Å². The van der Waals surface area contributed by atoms with E-state index in [0.717, 1.165) is 44.8 Å². The van der Waals surface area contributed by atoms with Gasteiger partial charge in [0, 0.05) is 10.9 Å². The van der Waals surface area contributed by atoms with Crippen LogP contribution in [-0.4, -0.2) is 29.8 Å². The molecule has 122 valence electrons. The number of aromatic amines is 1. The van der Waals surface area contributed by atoms with Crippen LogP contribution in [0.3, 0.4) is 0 Å². The summed E-state index contributed by atoms with van der Waals surface area (Å²) in [7, 11) is 0. The molecule has 6 heteroatoms. The highest BCUT2D eigenvalue weighted by Gasteiger charge is 2.17. The number of nitrogens with zero attached hydrogens (tertiary/aromatic N) is 4. The van der Waals surface area contributed by atoms with Gasteiger partial charge >= 0.3 is 0 Å². The van der Waals surface area contributed by atoms with E-state index in [4.69, 9.17) is 0 Å². The van der Waals surface area contributed by atoms with Crippen LogP contribution in [0.4, 0.5) is 0 Å². The second-order valence-corrected chi connectivity index (χ2v) is 6.66. The minimum atomic E-state index is -0.874. The Labute approximate surface area is 139 Å². The number of fused-ring (bicyclic) bond motifs is 3. The molecule has 0 aliphatic carbocycles. The van der Waals surface area contributed by atoms with Gasteiger partial charge in [-0.3, -0.25) is 9.55 Å². The quantitative estimate of drug-likeness (QED) is 0.594. The maximum atomic E-state index is 10.2. The van der Waals surface area contributed by atoms with E-state index < -0.39 is 5.60 Å². The number of H-pyrrole nitrogens is 1. The molecular weight excluding hydrogens is 302 g/mol. The lowest BCUT2D eigenvalue weighted by molar-refractivity contribution is 0.0787. The van der Waals surface area contributed by atoms with Crippen molar-refractivity contribution in [3.05, 3.63) is 47.7 Å². The van der Waals surface area contributed by atoms with E-state index in [1.54, 1.807) is 13.8 Å². The SMILES string of the molecule is Cc1nnc(C)n1-c1cnc2c(c1)[nH]c1cc(C(C)(C)O)ccc12. The van der Waals surface area contributed by atoms with Crippen LogP contribution >= 0.6 is 0 Å². The van der Waals surface area contributed by atoms with Crippen molar-refractivity contribution in [3.8, 4) is 5.69 Å².